The van der Waals surface area contributed by atoms with E-state index in [1.54, 1.807) is 37.3 Å². The molecule has 1 aromatic carbocycles. The van der Waals surface area contributed by atoms with E-state index >= 15 is 0 Å². The maximum absolute atomic E-state index is 12.3. The van der Waals surface area contributed by atoms with Crippen molar-refractivity contribution in [2.24, 2.45) is 0 Å². The summed E-state index contributed by atoms with van der Waals surface area (Å²) in [6.45, 7) is 2.11. The summed E-state index contributed by atoms with van der Waals surface area (Å²) >= 11 is 0. The zero-order valence-corrected chi connectivity index (χ0v) is 12.0. The quantitative estimate of drug-likeness (QED) is 0.807. The van der Waals surface area contributed by atoms with E-state index in [0.717, 1.165) is 4.68 Å². The van der Waals surface area contributed by atoms with E-state index in [1.165, 1.54) is 4.90 Å². The van der Waals surface area contributed by atoms with Gasteiger partial charge in [-0.2, -0.15) is 4.68 Å². The maximum atomic E-state index is 12.3. The largest absolute Gasteiger partial charge is 0.481 e. The van der Waals surface area contributed by atoms with Crippen molar-refractivity contribution < 1.29 is 14.7 Å². The molecule has 2 N–H and O–H groups in total. The number of hydrogen-bond donors (Lipinski definition) is 2. The highest BCUT2D eigenvalue weighted by Crippen LogP contribution is 2.04. The minimum absolute atomic E-state index is 0.0604. The number of H-pyrrole nitrogens is 1. The van der Waals surface area contributed by atoms with Crippen molar-refractivity contribution in [2.75, 3.05) is 13.1 Å². The molecule has 116 valence electrons. The number of carboxylic acids is 1. The fourth-order valence-electron chi connectivity index (χ4n) is 1.95. The number of hydrogen-bond acceptors (Lipinski definition) is 4. The van der Waals surface area contributed by atoms with E-state index < -0.39 is 17.6 Å². The Hall–Kier alpha value is -2.90. The Morgan fingerprint density at radius 2 is 2.00 bits per heavy atom. The molecule has 8 nitrogen and oxygen atoms in total. The van der Waals surface area contributed by atoms with E-state index in [1.807, 2.05) is 0 Å². The number of carboxylic acid groups (broad SMARTS) is 1. The van der Waals surface area contributed by atoms with Crippen LogP contribution in [0.1, 0.15) is 24.0 Å². The lowest BCUT2D eigenvalue weighted by Crippen LogP contribution is -2.33. The SMILES string of the molecule is CCN(CCC(=O)O)C(=O)c1nn(-c2ccccc2)c(=O)[nH]1. The number of aromatic amines is 1. The smallest absolute Gasteiger partial charge is 0.348 e. The van der Waals surface area contributed by atoms with Gasteiger partial charge in [-0.1, -0.05) is 18.2 Å². The Bertz CT molecular complexity index is 720. The number of nitrogens with one attached hydrogen (secondary N) is 1. The normalized spacial score (nSPS) is 10.4. The lowest BCUT2D eigenvalue weighted by Gasteiger charge is -2.17. The fourth-order valence-corrected chi connectivity index (χ4v) is 1.95. The summed E-state index contributed by atoms with van der Waals surface area (Å²) in [6.07, 6.45) is -0.163. The first-order valence-corrected chi connectivity index (χ1v) is 6.78. The number of nitrogens with zero attached hydrogens (tertiary/aromatic N) is 3. The average molecular weight is 304 g/mol. The molecule has 1 amide bonds. The molecule has 0 unspecified atom stereocenters. The van der Waals surface area contributed by atoms with Gasteiger partial charge in [-0.05, 0) is 19.1 Å². The minimum Gasteiger partial charge on any atom is -0.481 e. The minimum atomic E-state index is -0.991. The second-order valence-corrected chi connectivity index (χ2v) is 4.55. The van der Waals surface area contributed by atoms with Crippen LogP contribution >= 0.6 is 0 Å². The fraction of sp³-hybridized carbons (Fsp3) is 0.286. The Kier molecular flexibility index (Phi) is 4.72. The molecule has 2 aromatic rings. The molecule has 0 fully saturated rings. The van der Waals surface area contributed by atoms with Crippen molar-refractivity contribution in [1.29, 1.82) is 0 Å². The van der Waals surface area contributed by atoms with Gasteiger partial charge in [-0.3, -0.25) is 14.6 Å². The molecule has 0 bridgehead atoms. The van der Waals surface area contributed by atoms with Crippen molar-refractivity contribution >= 4 is 11.9 Å². The second-order valence-electron chi connectivity index (χ2n) is 4.55. The van der Waals surface area contributed by atoms with Gasteiger partial charge in [0.15, 0.2) is 0 Å². The molecule has 0 aliphatic carbocycles. The lowest BCUT2D eigenvalue weighted by molar-refractivity contribution is -0.137. The Morgan fingerprint density at radius 3 is 2.59 bits per heavy atom. The number of amides is 1. The molecule has 0 aliphatic heterocycles. The van der Waals surface area contributed by atoms with Gasteiger partial charge in [0, 0.05) is 13.1 Å². The average Bonchev–Trinajstić information content (AvgIpc) is 2.90. The maximum Gasteiger partial charge on any atom is 0.348 e. The van der Waals surface area contributed by atoms with Gasteiger partial charge in [-0.25, -0.2) is 4.79 Å². The molecule has 22 heavy (non-hydrogen) atoms. The summed E-state index contributed by atoms with van der Waals surface area (Å²) in [4.78, 5) is 38.5. The molecule has 0 radical (unpaired) electrons. The standard InChI is InChI=1S/C14H16N4O4/c1-2-17(9-8-11(19)20)13(21)12-15-14(22)18(16-12)10-6-4-3-5-7-10/h3-7H,2,8-9H2,1H3,(H,19,20)(H,15,16,22). The van der Waals surface area contributed by atoms with Crippen LogP contribution in [-0.4, -0.2) is 49.7 Å². The predicted octanol–water partition coefficient (Wildman–Crippen LogP) is 0.497. The van der Waals surface area contributed by atoms with Crippen molar-refractivity contribution in [3.63, 3.8) is 0 Å². The number of rotatable bonds is 6. The lowest BCUT2D eigenvalue weighted by atomic mass is 10.3. The first kappa shape index (κ1) is 15.5. The highest BCUT2D eigenvalue weighted by molar-refractivity contribution is 5.90. The third-order valence-corrected chi connectivity index (χ3v) is 3.09. The van der Waals surface area contributed by atoms with Crippen LogP contribution in [0.25, 0.3) is 5.69 Å². The number of aliphatic carboxylic acids is 1. The van der Waals surface area contributed by atoms with Crippen LogP contribution in [0.2, 0.25) is 0 Å². The number of carbonyl (C=O) groups excluding carboxylic acids is 1. The van der Waals surface area contributed by atoms with Crippen molar-refractivity contribution in [3.05, 3.63) is 46.6 Å². The van der Waals surface area contributed by atoms with Gasteiger partial charge < -0.3 is 10.0 Å². The summed E-state index contributed by atoms with van der Waals surface area (Å²) in [7, 11) is 0. The summed E-state index contributed by atoms with van der Waals surface area (Å²) < 4.78 is 1.10. The molecule has 8 heteroatoms. The second kappa shape index (κ2) is 6.70. The molecule has 0 aliphatic rings. The van der Waals surface area contributed by atoms with E-state index in [0.29, 0.717) is 12.2 Å². The third kappa shape index (κ3) is 3.40. The highest BCUT2D eigenvalue weighted by Gasteiger charge is 2.20. The Balaban J connectivity index is 2.24. The summed E-state index contributed by atoms with van der Waals surface area (Å²) in [5, 5.41) is 12.7. The van der Waals surface area contributed by atoms with Crippen molar-refractivity contribution in [3.8, 4) is 5.69 Å². The first-order chi connectivity index (χ1) is 10.5. The Morgan fingerprint density at radius 1 is 1.32 bits per heavy atom. The molecule has 1 heterocycles. The number of carbonyl (C=O) groups is 2. The van der Waals surface area contributed by atoms with Gasteiger partial charge >= 0.3 is 11.7 Å². The van der Waals surface area contributed by atoms with Crippen LogP contribution in [0.3, 0.4) is 0 Å². The van der Waals surface area contributed by atoms with E-state index in [9.17, 15) is 14.4 Å². The van der Waals surface area contributed by atoms with Crippen molar-refractivity contribution in [1.82, 2.24) is 19.7 Å². The van der Waals surface area contributed by atoms with Gasteiger partial charge in [0.1, 0.15) is 0 Å². The van der Waals surface area contributed by atoms with Gasteiger partial charge in [0.25, 0.3) is 5.91 Å². The van der Waals surface area contributed by atoms with E-state index in [2.05, 4.69) is 10.1 Å². The number of para-hydroxylation sites is 1. The van der Waals surface area contributed by atoms with Gasteiger partial charge in [-0.15, -0.1) is 5.10 Å². The Labute approximate surface area is 126 Å². The van der Waals surface area contributed by atoms with Crippen LogP contribution in [0.15, 0.2) is 35.1 Å². The molecule has 2 rings (SSSR count). The predicted molar refractivity (Wildman–Crippen MR) is 78.0 cm³/mol. The van der Waals surface area contributed by atoms with E-state index in [-0.39, 0.29) is 18.8 Å². The van der Waals surface area contributed by atoms with Crippen LogP contribution in [0.5, 0.6) is 0 Å². The van der Waals surface area contributed by atoms with E-state index in [4.69, 9.17) is 5.11 Å². The first-order valence-electron chi connectivity index (χ1n) is 6.78. The summed E-state index contributed by atoms with van der Waals surface area (Å²) in [5.41, 5.74) is 0.0141. The zero-order valence-electron chi connectivity index (χ0n) is 12.0. The topological polar surface area (TPSA) is 108 Å². The summed E-state index contributed by atoms with van der Waals surface area (Å²) in [5.74, 6) is -1.61. The number of aromatic nitrogens is 3. The number of benzene rings is 1. The van der Waals surface area contributed by atoms with Crippen LogP contribution in [0.4, 0.5) is 0 Å². The highest BCUT2D eigenvalue weighted by atomic mass is 16.4. The summed E-state index contributed by atoms with van der Waals surface area (Å²) in [6, 6.07) is 8.70. The van der Waals surface area contributed by atoms with Crippen molar-refractivity contribution in [2.45, 2.75) is 13.3 Å². The van der Waals surface area contributed by atoms with Crippen LogP contribution in [-0.2, 0) is 4.79 Å². The molecule has 0 atom stereocenters. The monoisotopic (exact) mass is 304 g/mol. The molecule has 0 saturated heterocycles. The molecule has 0 saturated carbocycles. The molecule has 0 spiro atoms. The van der Waals surface area contributed by atoms with Crippen LogP contribution in [0, 0.1) is 0 Å². The molecule has 1 aromatic heterocycles. The zero-order chi connectivity index (χ0) is 16.1. The molecular formula is C14H16N4O4. The molecular weight excluding hydrogens is 288 g/mol. The van der Waals surface area contributed by atoms with Gasteiger partial charge in [0.2, 0.25) is 5.82 Å². The third-order valence-electron chi connectivity index (χ3n) is 3.09. The van der Waals surface area contributed by atoms with Gasteiger partial charge in [0.05, 0.1) is 12.1 Å². The van der Waals surface area contributed by atoms with Crippen LogP contribution < -0.4 is 5.69 Å².